The number of halogens is 1. The number of rotatable bonds is 1. The molecular weight excluding hydrogens is 156 g/mol. The predicted octanol–water partition coefficient (Wildman–Crippen LogP) is -0.461. The molecule has 0 bridgehead atoms. The van der Waals surface area contributed by atoms with Crippen LogP contribution in [-0.2, 0) is 4.43 Å². The van der Waals surface area contributed by atoms with Crippen molar-refractivity contribution >= 4 is 22.1 Å². The van der Waals surface area contributed by atoms with E-state index < -0.39 is 6.10 Å². The van der Waals surface area contributed by atoms with Gasteiger partial charge in [-0.05, 0) is 6.08 Å². The summed E-state index contributed by atoms with van der Waals surface area (Å²) < 4.78 is 5.07. The first-order valence-electron chi connectivity index (χ1n) is 2.82. The molecular formula is C5H9ClO2Si. The zero-order valence-corrected chi connectivity index (χ0v) is 7.93. The van der Waals surface area contributed by atoms with Crippen LogP contribution in [0.5, 0.6) is 0 Å². The van der Waals surface area contributed by atoms with Gasteiger partial charge in [-0.15, -0.1) is 0 Å². The molecule has 0 aromatic heterocycles. The van der Waals surface area contributed by atoms with Gasteiger partial charge in [-0.3, -0.25) is 0 Å². The van der Waals surface area contributed by atoms with Crippen LogP contribution in [0.1, 0.15) is 6.42 Å². The maximum atomic E-state index is 8.98. The Bertz CT molecular complexity index is 137. The predicted molar refractivity (Wildman–Crippen MR) is 39.4 cm³/mol. The molecule has 0 saturated carbocycles. The monoisotopic (exact) mass is 164 g/mol. The van der Waals surface area contributed by atoms with E-state index in [4.69, 9.17) is 21.1 Å². The fourth-order valence-electron chi connectivity index (χ4n) is 0.900. The lowest BCUT2D eigenvalue weighted by molar-refractivity contribution is 0.171. The zero-order valence-electron chi connectivity index (χ0n) is 5.17. The minimum atomic E-state index is -0.392. The Labute approximate surface area is 62.0 Å². The molecule has 0 aliphatic heterocycles. The highest BCUT2D eigenvalue weighted by Crippen LogP contribution is 2.24. The van der Waals surface area contributed by atoms with Gasteiger partial charge in [0.25, 0.3) is 0 Å². The molecule has 0 heterocycles. The summed E-state index contributed by atoms with van der Waals surface area (Å²) in [5.74, 6) is 0. The van der Waals surface area contributed by atoms with Gasteiger partial charge in [0.2, 0.25) is 0 Å². The van der Waals surface area contributed by atoms with Crippen molar-refractivity contribution in [1.29, 1.82) is 0 Å². The second kappa shape index (κ2) is 2.83. The van der Waals surface area contributed by atoms with Crippen molar-refractivity contribution in [3.8, 4) is 0 Å². The molecule has 2 nitrogen and oxygen atoms in total. The Morgan fingerprint density at radius 2 is 2.56 bits per heavy atom. The normalized spacial score (nSPS) is 35.1. The van der Waals surface area contributed by atoms with Crippen LogP contribution in [0.3, 0.4) is 0 Å². The van der Waals surface area contributed by atoms with Gasteiger partial charge in [0.05, 0.1) is 12.2 Å². The summed E-state index contributed by atoms with van der Waals surface area (Å²) in [4.78, 5) is 0. The van der Waals surface area contributed by atoms with E-state index >= 15 is 0 Å². The molecule has 0 unspecified atom stereocenters. The first kappa shape index (κ1) is 7.28. The highest BCUT2D eigenvalue weighted by Gasteiger charge is 2.22. The molecule has 1 N–H and O–H groups in total. The van der Waals surface area contributed by atoms with Gasteiger partial charge in [0.15, 0.2) is 0 Å². The lowest BCUT2D eigenvalue weighted by Crippen LogP contribution is -2.10. The van der Waals surface area contributed by atoms with Crippen molar-refractivity contribution in [1.82, 2.24) is 0 Å². The van der Waals surface area contributed by atoms with E-state index in [0.717, 1.165) is 0 Å². The summed E-state index contributed by atoms with van der Waals surface area (Å²) >= 11 is 5.67. The summed E-state index contributed by atoms with van der Waals surface area (Å²) in [6.45, 7) is 0. The standard InChI is InChI=1S/C5H9ClO2Si/c6-4-1-3(7)2-5(4)8-9/h1,3,5,7H,2H2,9H3/t3-,5+/m1/s1. The van der Waals surface area contributed by atoms with E-state index in [1.54, 1.807) is 6.08 Å². The largest absolute Gasteiger partial charge is 0.420 e. The topological polar surface area (TPSA) is 29.5 Å². The third-order valence-electron chi connectivity index (χ3n) is 1.40. The average molecular weight is 165 g/mol. The Morgan fingerprint density at radius 1 is 1.89 bits per heavy atom. The van der Waals surface area contributed by atoms with E-state index in [9.17, 15) is 0 Å². The molecule has 0 spiro atoms. The summed E-state index contributed by atoms with van der Waals surface area (Å²) in [6.07, 6.45) is 1.84. The maximum absolute atomic E-state index is 8.98. The van der Waals surface area contributed by atoms with Gasteiger partial charge in [-0.1, -0.05) is 11.6 Å². The minimum absolute atomic E-state index is 0.0201. The quantitative estimate of drug-likeness (QED) is 0.532. The van der Waals surface area contributed by atoms with Crippen LogP contribution in [0, 0.1) is 0 Å². The molecule has 1 aliphatic rings. The third-order valence-corrected chi connectivity index (χ3v) is 2.34. The van der Waals surface area contributed by atoms with Gasteiger partial charge in [0.1, 0.15) is 10.5 Å². The van der Waals surface area contributed by atoms with Crippen molar-refractivity contribution in [2.75, 3.05) is 0 Å². The second-order valence-corrected chi connectivity index (χ2v) is 2.99. The summed E-state index contributed by atoms with van der Waals surface area (Å²) in [7, 11) is 0.675. The minimum Gasteiger partial charge on any atom is -0.420 e. The third kappa shape index (κ3) is 1.55. The lowest BCUT2D eigenvalue weighted by Gasteiger charge is -2.07. The first-order valence-corrected chi connectivity index (χ1v) is 4.01. The van der Waals surface area contributed by atoms with Crippen molar-refractivity contribution in [2.45, 2.75) is 18.6 Å². The zero-order chi connectivity index (χ0) is 6.85. The molecule has 2 atom stereocenters. The van der Waals surface area contributed by atoms with E-state index in [2.05, 4.69) is 0 Å². The van der Waals surface area contributed by atoms with Gasteiger partial charge in [-0.2, -0.15) is 0 Å². The molecule has 1 aliphatic carbocycles. The highest BCUT2D eigenvalue weighted by molar-refractivity contribution is 6.30. The van der Waals surface area contributed by atoms with Crippen LogP contribution in [0.15, 0.2) is 11.1 Å². The second-order valence-electron chi connectivity index (χ2n) is 2.08. The van der Waals surface area contributed by atoms with Crippen molar-refractivity contribution in [2.24, 2.45) is 0 Å². The molecule has 0 aromatic rings. The van der Waals surface area contributed by atoms with Gasteiger partial charge in [-0.25, -0.2) is 0 Å². The number of aliphatic hydroxyl groups excluding tert-OH is 1. The van der Waals surface area contributed by atoms with Crippen LogP contribution in [0.4, 0.5) is 0 Å². The van der Waals surface area contributed by atoms with E-state index in [1.807, 2.05) is 0 Å². The van der Waals surface area contributed by atoms with Crippen LogP contribution in [0.25, 0.3) is 0 Å². The molecule has 0 fully saturated rings. The summed E-state index contributed by atoms with van der Waals surface area (Å²) in [6, 6.07) is 0. The Kier molecular flexibility index (Phi) is 2.29. The number of aliphatic hydroxyl groups is 1. The smallest absolute Gasteiger partial charge is 0.146 e. The Morgan fingerprint density at radius 3 is 2.78 bits per heavy atom. The molecule has 0 saturated heterocycles. The summed E-state index contributed by atoms with van der Waals surface area (Å²) in [5, 5.41) is 9.63. The van der Waals surface area contributed by atoms with Crippen LogP contribution >= 0.6 is 11.6 Å². The Hall–Kier alpha value is 0.167. The molecule has 0 radical (unpaired) electrons. The van der Waals surface area contributed by atoms with Crippen molar-refractivity contribution in [3.05, 3.63) is 11.1 Å². The van der Waals surface area contributed by atoms with E-state index in [1.165, 1.54) is 0 Å². The molecule has 0 aromatic carbocycles. The van der Waals surface area contributed by atoms with E-state index in [-0.39, 0.29) is 6.10 Å². The molecule has 1 rings (SSSR count). The molecule has 9 heavy (non-hydrogen) atoms. The fraction of sp³-hybridized carbons (Fsp3) is 0.600. The number of hydrogen-bond acceptors (Lipinski definition) is 2. The van der Waals surface area contributed by atoms with E-state index in [0.29, 0.717) is 21.9 Å². The lowest BCUT2D eigenvalue weighted by atomic mass is 10.3. The highest BCUT2D eigenvalue weighted by atomic mass is 35.5. The fourth-order valence-corrected chi connectivity index (χ4v) is 1.82. The summed E-state index contributed by atoms with van der Waals surface area (Å²) in [5.41, 5.74) is 0. The van der Waals surface area contributed by atoms with Crippen molar-refractivity contribution in [3.63, 3.8) is 0 Å². The van der Waals surface area contributed by atoms with Crippen molar-refractivity contribution < 1.29 is 9.53 Å². The van der Waals surface area contributed by atoms with Crippen LogP contribution in [0.2, 0.25) is 0 Å². The Balaban J connectivity index is 2.53. The SMILES string of the molecule is O[C@@H]1C=C(Cl)[C@@H](O[SiH3])C1. The van der Waals surface area contributed by atoms with Gasteiger partial charge in [0, 0.05) is 11.5 Å². The molecule has 0 amide bonds. The first-order chi connectivity index (χ1) is 4.24. The molecule has 4 heteroatoms. The van der Waals surface area contributed by atoms with Gasteiger partial charge < -0.3 is 9.53 Å². The molecule has 52 valence electrons. The van der Waals surface area contributed by atoms with Crippen LogP contribution < -0.4 is 0 Å². The number of hydrogen-bond donors (Lipinski definition) is 1. The maximum Gasteiger partial charge on any atom is 0.146 e. The van der Waals surface area contributed by atoms with Crippen LogP contribution in [-0.4, -0.2) is 27.8 Å². The van der Waals surface area contributed by atoms with Gasteiger partial charge >= 0.3 is 0 Å². The average Bonchev–Trinajstić information content (AvgIpc) is 2.10.